The van der Waals surface area contributed by atoms with Crippen LogP contribution in [0.15, 0.2) is 76.7 Å². The minimum atomic E-state index is -0.608. The first-order valence-electron chi connectivity index (χ1n) is 9.43. The summed E-state index contributed by atoms with van der Waals surface area (Å²) in [5.74, 6) is -0.653. The smallest absolute Gasteiger partial charge is 0.339 e. The molecule has 0 saturated heterocycles. The quantitative estimate of drug-likeness (QED) is 0.399. The molecule has 1 amide bonds. The Morgan fingerprint density at radius 3 is 2.68 bits per heavy atom. The first kappa shape index (κ1) is 19.0. The third-order valence-corrected chi connectivity index (χ3v) is 5.35. The molecule has 1 N–H and O–H groups in total. The van der Waals surface area contributed by atoms with Crippen LogP contribution in [-0.2, 0) is 9.53 Å². The van der Waals surface area contributed by atoms with Crippen LogP contribution in [0.25, 0.3) is 33.3 Å². The largest absolute Gasteiger partial charge is 0.452 e. The summed E-state index contributed by atoms with van der Waals surface area (Å²) in [6.45, 7) is -0.417. The van der Waals surface area contributed by atoms with E-state index in [1.807, 2.05) is 48.5 Å². The number of carbonyl (C=O) groups excluding carboxylic acids is 2. The van der Waals surface area contributed by atoms with Crippen molar-refractivity contribution in [2.24, 2.45) is 0 Å². The van der Waals surface area contributed by atoms with Gasteiger partial charge in [-0.2, -0.15) is 0 Å². The SMILES string of the molecule is O=C(COC(=O)c1cccc2cccc(-c3nc4ccccc4o3)c12)Nc1nccs1. The Hall–Kier alpha value is -4.04. The molecule has 0 fully saturated rings. The lowest BCUT2D eigenvalue weighted by molar-refractivity contribution is -0.119. The normalized spacial score (nSPS) is 11.0. The number of hydrogen-bond acceptors (Lipinski definition) is 7. The van der Waals surface area contributed by atoms with Crippen LogP contribution < -0.4 is 5.32 Å². The van der Waals surface area contributed by atoms with Gasteiger partial charge < -0.3 is 9.15 Å². The summed E-state index contributed by atoms with van der Waals surface area (Å²) in [7, 11) is 0. The number of amides is 1. The molecule has 2 aromatic heterocycles. The molecule has 0 radical (unpaired) electrons. The molecule has 0 aliphatic carbocycles. The molecule has 152 valence electrons. The summed E-state index contributed by atoms with van der Waals surface area (Å²) in [6.07, 6.45) is 1.58. The number of nitrogens with one attached hydrogen (secondary N) is 1. The fourth-order valence-electron chi connectivity index (χ4n) is 3.33. The zero-order chi connectivity index (χ0) is 21.2. The van der Waals surface area contributed by atoms with Crippen LogP contribution >= 0.6 is 11.3 Å². The molecule has 5 rings (SSSR count). The monoisotopic (exact) mass is 429 g/mol. The van der Waals surface area contributed by atoms with Crippen molar-refractivity contribution in [1.29, 1.82) is 0 Å². The van der Waals surface area contributed by atoms with Crippen LogP contribution in [0, 0.1) is 0 Å². The van der Waals surface area contributed by atoms with Crippen molar-refractivity contribution >= 4 is 50.2 Å². The molecule has 8 heteroatoms. The van der Waals surface area contributed by atoms with E-state index >= 15 is 0 Å². The zero-order valence-corrected chi connectivity index (χ0v) is 16.9. The minimum Gasteiger partial charge on any atom is -0.452 e. The number of rotatable bonds is 5. The second-order valence-electron chi connectivity index (χ2n) is 6.66. The van der Waals surface area contributed by atoms with E-state index in [0.29, 0.717) is 33.1 Å². The van der Waals surface area contributed by atoms with Crippen molar-refractivity contribution in [3.05, 3.63) is 77.8 Å². The van der Waals surface area contributed by atoms with E-state index in [2.05, 4.69) is 15.3 Å². The van der Waals surface area contributed by atoms with E-state index < -0.39 is 18.5 Å². The molecule has 0 unspecified atom stereocenters. The maximum absolute atomic E-state index is 12.9. The van der Waals surface area contributed by atoms with Gasteiger partial charge in [-0.25, -0.2) is 14.8 Å². The third-order valence-electron chi connectivity index (χ3n) is 4.66. The summed E-state index contributed by atoms with van der Waals surface area (Å²) >= 11 is 1.28. The number of anilines is 1. The van der Waals surface area contributed by atoms with E-state index in [-0.39, 0.29) is 0 Å². The lowest BCUT2D eigenvalue weighted by Crippen LogP contribution is -2.21. The van der Waals surface area contributed by atoms with E-state index in [1.54, 1.807) is 23.7 Å². The highest BCUT2D eigenvalue weighted by molar-refractivity contribution is 7.13. The van der Waals surface area contributed by atoms with Gasteiger partial charge in [0.15, 0.2) is 17.3 Å². The van der Waals surface area contributed by atoms with E-state index in [1.165, 1.54) is 11.3 Å². The predicted molar refractivity (Wildman–Crippen MR) is 118 cm³/mol. The van der Waals surface area contributed by atoms with Crippen molar-refractivity contribution < 1.29 is 18.7 Å². The average Bonchev–Trinajstić information content (AvgIpc) is 3.46. The Labute approximate surface area is 180 Å². The van der Waals surface area contributed by atoms with Gasteiger partial charge in [-0.15, -0.1) is 11.3 Å². The van der Waals surface area contributed by atoms with Gasteiger partial charge in [0, 0.05) is 22.5 Å². The molecule has 0 spiro atoms. The lowest BCUT2D eigenvalue weighted by Gasteiger charge is -2.10. The molecule has 0 aliphatic heterocycles. The molecular weight excluding hydrogens is 414 g/mol. The number of para-hydroxylation sites is 2. The number of thiazole rings is 1. The highest BCUT2D eigenvalue weighted by Gasteiger charge is 2.19. The second-order valence-corrected chi connectivity index (χ2v) is 7.55. The molecule has 2 heterocycles. The van der Waals surface area contributed by atoms with Crippen LogP contribution in [0.5, 0.6) is 0 Å². The Balaban J connectivity index is 1.47. The standard InChI is InChI=1S/C23H15N3O4S/c27-19(26-23-24-11-12-31-23)13-29-22(28)16-8-4-6-14-5-3-7-15(20(14)16)21-25-17-9-1-2-10-18(17)30-21/h1-12H,13H2,(H,24,26,27). The fourth-order valence-corrected chi connectivity index (χ4v) is 3.87. The summed E-state index contributed by atoms with van der Waals surface area (Å²) in [5, 5.41) is 6.26. The highest BCUT2D eigenvalue weighted by atomic mass is 32.1. The lowest BCUT2D eigenvalue weighted by atomic mass is 9.99. The Bertz CT molecular complexity index is 1370. The van der Waals surface area contributed by atoms with Gasteiger partial charge in [0.05, 0.1) is 5.56 Å². The number of aromatic nitrogens is 2. The summed E-state index contributed by atoms with van der Waals surface area (Å²) in [4.78, 5) is 33.4. The third kappa shape index (κ3) is 3.76. The van der Waals surface area contributed by atoms with Crippen molar-refractivity contribution in [2.75, 3.05) is 11.9 Å². The van der Waals surface area contributed by atoms with Crippen LogP contribution in [0.1, 0.15) is 10.4 Å². The Kier molecular flexibility index (Phi) is 4.89. The number of ether oxygens (including phenoxy) is 1. The summed E-state index contributed by atoms with van der Waals surface area (Å²) in [6, 6.07) is 18.4. The van der Waals surface area contributed by atoms with Gasteiger partial charge in [-0.3, -0.25) is 10.1 Å². The Morgan fingerprint density at radius 1 is 1.03 bits per heavy atom. The number of benzene rings is 3. The van der Waals surface area contributed by atoms with E-state index in [4.69, 9.17) is 9.15 Å². The highest BCUT2D eigenvalue weighted by Crippen LogP contribution is 2.33. The molecule has 0 saturated carbocycles. The van der Waals surface area contributed by atoms with Gasteiger partial charge in [-0.05, 0) is 29.7 Å². The number of carbonyl (C=O) groups is 2. The summed E-state index contributed by atoms with van der Waals surface area (Å²) < 4.78 is 11.2. The van der Waals surface area contributed by atoms with E-state index in [9.17, 15) is 9.59 Å². The maximum atomic E-state index is 12.9. The molecule has 5 aromatic rings. The Morgan fingerprint density at radius 2 is 1.87 bits per heavy atom. The molecule has 0 bridgehead atoms. The number of esters is 1. The van der Waals surface area contributed by atoms with Crippen LogP contribution in [0.2, 0.25) is 0 Å². The predicted octanol–water partition coefficient (Wildman–Crippen LogP) is 4.90. The van der Waals surface area contributed by atoms with Crippen LogP contribution in [-0.4, -0.2) is 28.5 Å². The molecule has 31 heavy (non-hydrogen) atoms. The number of nitrogens with zero attached hydrogens (tertiary/aromatic N) is 2. The molecule has 3 aromatic carbocycles. The maximum Gasteiger partial charge on any atom is 0.339 e. The first-order chi connectivity index (χ1) is 15.2. The fraction of sp³-hybridized carbons (Fsp3) is 0.0435. The molecular formula is C23H15N3O4S. The minimum absolute atomic E-state index is 0.331. The first-order valence-corrected chi connectivity index (χ1v) is 10.3. The van der Waals surface area contributed by atoms with Crippen molar-refractivity contribution in [1.82, 2.24) is 9.97 Å². The number of fused-ring (bicyclic) bond motifs is 2. The molecule has 7 nitrogen and oxygen atoms in total. The van der Waals surface area contributed by atoms with Gasteiger partial charge >= 0.3 is 5.97 Å². The zero-order valence-electron chi connectivity index (χ0n) is 16.1. The number of hydrogen-bond donors (Lipinski definition) is 1. The van der Waals surface area contributed by atoms with Crippen molar-refractivity contribution in [3.8, 4) is 11.5 Å². The second kappa shape index (κ2) is 8.00. The van der Waals surface area contributed by atoms with Crippen LogP contribution in [0.4, 0.5) is 5.13 Å². The van der Waals surface area contributed by atoms with Crippen molar-refractivity contribution in [3.63, 3.8) is 0 Å². The van der Waals surface area contributed by atoms with Crippen LogP contribution in [0.3, 0.4) is 0 Å². The van der Waals surface area contributed by atoms with E-state index in [0.717, 1.165) is 10.9 Å². The van der Waals surface area contributed by atoms with Gasteiger partial charge in [0.1, 0.15) is 5.52 Å². The summed E-state index contributed by atoms with van der Waals surface area (Å²) in [5.41, 5.74) is 2.40. The van der Waals surface area contributed by atoms with Gasteiger partial charge in [0.2, 0.25) is 5.89 Å². The molecule has 0 aliphatic rings. The number of oxazole rings is 1. The molecule has 0 atom stereocenters. The van der Waals surface area contributed by atoms with Crippen molar-refractivity contribution in [2.45, 2.75) is 0 Å². The van der Waals surface area contributed by atoms with Gasteiger partial charge in [-0.1, -0.05) is 36.4 Å². The average molecular weight is 429 g/mol. The topological polar surface area (TPSA) is 94.3 Å². The van der Waals surface area contributed by atoms with Gasteiger partial charge in [0.25, 0.3) is 5.91 Å².